The highest BCUT2D eigenvalue weighted by Gasteiger charge is 2.14. The molecule has 0 heterocycles. The number of hydrogen-bond donors (Lipinski definition) is 2. The van der Waals surface area contributed by atoms with Gasteiger partial charge in [0.1, 0.15) is 11.8 Å². The van der Waals surface area contributed by atoms with E-state index in [1.54, 1.807) is 13.2 Å². The number of aliphatic hydroxyl groups is 1. The van der Waals surface area contributed by atoms with Crippen molar-refractivity contribution in [2.24, 2.45) is 5.92 Å². The molecule has 1 atom stereocenters. The number of aliphatic hydroxyl groups excluding tert-OH is 1. The first-order valence-electron chi connectivity index (χ1n) is 7.12. The molecule has 0 aliphatic heterocycles. The van der Waals surface area contributed by atoms with E-state index in [-0.39, 0.29) is 6.10 Å². The SMILES string of the molecule is CCC(CC)C(O)CNCc1ccc(OC)c(C#N)c1. The van der Waals surface area contributed by atoms with Gasteiger partial charge in [0.05, 0.1) is 18.8 Å². The summed E-state index contributed by atoms with van der Waals surface area (Å²) in [5, 5.41) is 22.3. The van der Waals surface area contributed by atoms with Crippen molar-refractivity contribution < 1.29 is 9.84 Å². The van der Waals surface area contributed by atoms with Crippen molar-refractivity contribution in [3.8, 4) is 11.8 Å². The molecule has 20 heavy (non-hydrogen) atoms. The van der Waals surface area contributed by atoms with Gasteiger partial charge >= 0.3 is 0 Å². The van der Waals surface area contributed by atoms with E-state index in [2.05, 4.69) is 25.2 Å². The van der Waals surface area contributed by atoms with Gasteiger partial charge in [-0.3, -0.25) is 0 Å². The van der Waals surface area contributed by atoms with E-state index in [1.165, 1.54) is 0 Å². The Labute approximate surface area is 121 Å². The van der Waals surface area contributed by atoms with Crippen LogP contribution in [0.3, 0.4) is 0 Å². The van der Waals surface area contributed by atoms with Gasteiger partial charge in [0.2, 0.25) is 0 Å². The van der Waals surface area contributed by atoms with Crippen LogP contribution in [0.4, 0.5) is 0 Å². The molecule has 0 bridgehead atoms. The molecule has 0 fully saturated rings. The van der Waals surface area contributed by atoms with E-state index in [1.807, 2.05) is 12.1 Å². The second kappa shape index (κ2) is 8.57. The normalized spacial score (nSPS) is 12.2. The number of rotatable bonds is 8. The van der Waals surface area contributed by atoms with Crippen LogP contribution in [-0.2, 0) is 6.54 Å². The summed E-state index contributed by atoms with van der Waals surface area (Å²) in [6.07, 6.45) is 1.65. The third-order valence-corrected chi connectivity index (χ3v) is 3.66. The second-order valence-corrected chi connectivity index (χ2v) is 4.92. The number of hydrogen-bond acceptors (Lipinski definition) is 4. The van der Waals surface area contributed by atoms with Gasteiger partial charge in [-0.2, -0.15) is 5.26 Å². The molecule has 1 aromatic carbocycles. The molecule has 2 N–H and O–H groups in total. The maximum atomic E-state index is 10.0. The molecule has 0 saturated heterocycles. The third-order valence-electron chi connectivity index (χ3n) is 3.66. The average Bonchev–Trinajstić information content (AvgIpc) is 2.48. The van der Waals surface area contributed by atoms with Gasteiger partial charge in [-0.05, 0) is 23.6 Å². The lowest BCUT2D eigenvalue weighted by molar-refractivity contribution is 0.101. The maximum absolute atomic E-state index is 10.0. The molecule has 0 radical (unpaired) electrons. The lowest BCUT2D eigenvalue weighted by Gasteiger charge is -2.20. The number of nitriles is 1. The van der Waals surface area contributed by atoms with Gasteiger partial charge < -0.3 is 15.2 Å². The Bertz CT molecular complexity index is 450. The molecule has 1 rings (SSSR count). The van der Waals surface area contributed by atoms with E-state index < -0.39 is 0 Å². The van der Waals surface area contributed by atoms with Gasteiger partial charge in [0.15, 0.2) is 0 Å². The highest BCUT2D eigenvalue weighted by atomic mass is 16.5. The van der Waals surface area contributed by atoms with Crippen molar-refractivity contribution in [3.63, 3.8) is 0 Å². The second-order valence-electron chi connectivity index (χ2n) is 4.92. The predicted octanol–water partition coefficient (Wildman–Crippen LogP) is 2.45. The van der Waals surface area contributed by atoms with Crippen LogP contribution in [0.15, 0.2) is 18.2 Å². The molecule has 1 aromatic rings. The molecule has 0 spiro atoms. The molecule has 0 aromatic heterocycles. The minimum Gasteiger partial charge on any atom is -0.495 e. The smallest absolute Gasteiger partial charge is 0.136 e. The molecule has 0 aliphatic carbocycles. The largest absolute Gasteiger partial charge is 0.495 e. The fraction of sp³-hybridized carbons (Fsp3) is 0.562. The van der Waals surface area contributed by atoms with Crippen molar-refractivity contribution in [3.05, 3.63) is 29.3 Å². The molecule has 4 heteroatoms. The summed E-state index contributed by atoms with van der Waals surface area (Å²) in [5.41, 5.74) is 1.55. The van der Waals surface area contributed by atoms with Gasteiger partial charge in [-0.25, -0.2) is 0 Å². The van der Waals surface area contributed by atoms with Crippen molar-refractivity contribution in [1.82, 2.24) is 5.32 Å². The van der Waals surface area contributed by atoms with Gasteiger partial charge in [0, 0.05) is 13.1 Å². The fourth-order valence-electron chi connectivity index (χ4n) is 2.32. The predicted molar refractivity (Wildman–Crippen MR) is 79.5 cm³/mol. The Morgan fingerprint density at radius 2 is 2.05 bits per heavy atom. The number of nitrogens with one attached hydrogen (secondary N) is 1. The Morgan fingerprint density at radius 3 is 2.60 bits per heavy atom. The van der Waals surface area contributed by atoms with Gasteiger partial charge in [0.25, 0.3) is 0 Å². The lowest BCUT2D eigenvalue weighted by atomic mass is 9.96. The Kier molecular flexibility index (Phi) is 7.06. The Balaban J connectivity index is 2.52. The zero-order valence-electron chi connectivity index (χ0n) is 12.5. The highest BCUT2D eigenvalue weighted by molar-refractivity contribution is 5.45. The zero-order valence-corrected chi connectivity index (χ0v) is 12.5. The number of methoxy groups -OCH3 is 1. The van der Waals surface area contributed by atoms with Crippen molar-refractivity contribution >= 4 is 0 Å². The van der Waals surface area contributed by atoms with Gasteiger partial charge in [-0.15, -0.1) is 0 Å². The van der Waals surface area contributed by atoms with Crippen LogP contribution in [-0.4, -0.2) is 24.9 Å². The van der Waals surface area contributed by atoms with Crippen molar-refractivity contribution in [2.45, 2.75) is 39.3 Å². The van der Waals surface area contributed by atoms with Gasteiger partial charge in [-0.1, -0.05) is 32.8 Å². The summed E-state index contributed by atoms with van der Waals surface area (Å²) in [5.74, 6) is 0.932. The first kappa shape index (κ1) is 16.5. The van der Waals surface area contributed by atoms with Crippen LogP contribution < -0.4 is 10.1 Å². The van der Waals surface area contributed by atoms with Crippen molar-refractivity contribution in [2.75, 3.05) is 13.7 Å². The summed E-state index contributed by atoms with van der Waals surface area (Å²) in [6, 6.07) is 7.66. The monoisotopic (exact) mass is 276 g/mol. The Morgan fingerprint density at radius 1 is 1.35 bits per heavy atom. The number of benzene rings is 1. The summed E-state index contributed by atoms with van der Waals surface area (Å²) in [7, 11) is 1.56. The average molecular weight is 276 g/mol. The summed E-state index contributed by atoms with van der Waals surface area (Å²) in [4.78, 5) is 0. The Hall–Kier alpha value is -1.57. The summed E-state index contributed by atoms with van der Waals surface area (Å²) >= 11 is 0. The fourth-order valence-corrected chi connectivity index (χ4v) is 2.32. The molecule has 1 unspecified atom stereocenters. The van der Waals surface area contributed by atoms with Crippen LogP contribution in [0.2, 0.25) is 0 Å². The standard InChI is InChI=1S/C16H24N2O2/c1-4-13(5-2)15(19)11-18-10-12-6-7-16(20-3)14(8-12)9-17/h6-8,13,15,18-19H,4-5,10-11H2,1-3H3. The topological polar surface area (TPSA) is 65.3 Å². The van der Waals surface area contributed by atoms with E-state index in [4.69, 9.17) is 10.00 Å². The van der Waals surface area contributed by atoms with Crippen LogP contribution in [0.5, 0.6) is 5.75 Å². The molecular weight excluding hydrogens is 252 g/mol. The molecule has 0 saturated carbocycles. The van der Waals surface area contributed by atoms with Crippen LogP contribution in [0, 0.1) is 17.2 Å². The van der Waals surface area contributed by atoms with Crippen LogP contribution in [0.25, 0.3) is 0 Å². The summed E-state index contributed by atoms with van der Waals surface area (Å²) in [6.45, 7) is 5.40. The summed E-state index contributed by atoms with van der Waals surface area (Å²) < 4.78 is 5.11. The first-order valence-corrected chi connectivity index (χ1v) is 7.12. The van der Waals surface area contributed by atoms with Crippen molar-refractivity contribution in [1.29, 1.82) is 5.26 Å². The first-order chi connectivity index (χ1) is 9.65. The van der Waals surface area contributed by atoms with E-state index in [9.17, 15) is 5.11 Å². The minimum absolute atomic E-state index is 0.321. The van der Waals surface area contributed by atoms with E-state index >= 15 is 0 Å². The third kappa shape index (κ3) is 4.52. The lowest BCUT2D eigenvalue weighted by Crippen LogP contribution is -2.32. The maximum Gasteiger partial charge on any atom is 0.136 e. The zero-order chi connectivity index (χ0) is 15.0. The number of ether oxygens (including phenoxy) is 1. The molecular formula is C16H24N2O2. The quantitative estimate of drug-likeness (QED) is 0.765. The molecule has 110 valence electrons. The molecule has 0 amide bonds. The van der Waals surface area contributed by atoms with E-state index in [0.717, 1.165) is 18.4 Å². The molecule has 4 nitrogen and oxygen atoms in total. The molecule has 0 aliphatic rings. The van der Waals surface area contributed by atoms with E-state index in [0.29, 0.717) is 30.3 Å². The highest BCUT2D eigenvalue weighted by Crippen LogP contribution is 2.18. The minimum atomic E-state index is -0.321. The van der Waals surface area contributed by atoms with Crippen LogP contribution >= 0.6 is 0 Å². The number of nitrogens with zero attached hydrogens (tertiary/aromatic N) is 1. The van der Waals surface area contributed by atoms with Crippen LogP contribution in [0.1, 0.15) is 37.8 Å².